The van der Waals surface area contributed by atoms with E-state index < -0.39 is 6.36 Å². The van der Waals surface area contributed by atoms with Crippen LogP contribution in [0.1, 0.15) is 57.7 Å². The number of carbonyl (C=O) groups is 2. The van der Waals surface area contributed by atoms with Crippen LogP contribution in [0.15, 0.2) is 54.6 Å². The third-order valence-electron chi connectivity index (χ3n) is 7.85. The van der Waals surface area contributed by atoms with Gasteiger partial charge in [0, 0.05) is 45.7 Å². The molecule has 0 bridgehead atoms. The van der Waals surface area contributed by atoms with Crippen molar-refractivity contribution in [3.63, 3.8) is 0 Å². The Hall–Kier alpha value is -3.27. The normalized spacial score (nSPS) is 20.2. The van der Waals surface area contributed by atoms with Crippen LogP contribution < -0.4 is 10.1 Å². The summed E-state index contributed by atoms with van der Waals surface area (Å²) in [6.45, 7) is 10.9. The lowest BCUT2D eigenvalue weighted by atomic mass is 9.83. The standard InChI is InChI=1S/C30H39F3N4O3/c1-21(38)35-16-14-24(15-17-35)34-28(39)37-19-18-36(20-26(37)29(2,3)4)27(22-8-6-5-7-9-22)23-10-12-25(13-11-23)40-30(31,32)33/h5-13,24,26-27H,14-20H2,1-4H3,(H,34,39)/t26-,27?/m1/s1. The Morgan fingerprint density at radius 2 is 1.50 bits per heavy atom. The smallest absolute Gasteiger partial charge is 0.406 e. The molecule has 1 N–H and O–H groups in total. The van der Waals surface area contributed by atoms with E-state index in [1.165, 1.54) is 12.1 Å². The fourth-order valence-corrected chi connectivity index (χ4v) is 5.72. The van der Waals surface area contributed by atoms with Crippen molar-refractivity contribution in [2.24, 2.45) is 5.41 Å². The van der Waals surface area contributed by atoms with Crippen LogP contribution in [0.2, 0.25) is 0 Å². The number of rotatable bonds is 5. The number of hydrogen-bond acceptors (Lipinski definition) is 4. The maximum absolute atomic E-state index is 13.5. The molecular formula is C30H39F3N4O3. The van der Waals surface area contributed by atoms with Crippen molar-refractivity contribution >= 4 is 11.9 Å². The first-order valence-corrected chi connectivity index (χ1v) is 13.8. The van der Waals surface area contributed by atoms with Gasteiger partial charge in [-0.25, -0.2) is 4.79 Å². The summed E-state index contributed by atoms with van der Waals surface area (Å²) < 4.78 is 42.3. The highest BCUT2D eigenvalue weighted by Crippen LogP contribution is 2.36. The zero-order valence-electron chi connectivity index (χ0n) is 23.6. The van der Waals surface area contributed by atoms with E-state index in [9.17, 15) is 22.8 Å². The van der Waals surface area contributed by atoms with E-state index in [1.807, 2.05) is 40.1 Å². The molecule has 4 rings (SSSR count). The van der Waals surface area contributed by atoms with Crippen molar-refractivity contribution in [3.8, 4) is 5.75 Å². The zero-order valence-corrected chi connectivity index (χ0v) is 23.6. The SMILES string of the molecule is CC(=O)N1CCC(NC(=O)N2CCN(C(c3ccccc3)c3ccc(OC(F)(F)F)cc3)C[C@@H]2C(C)(C)C)CC1. The van der Waals surface area contributed by atoms with Crippen LogP contribution in [-0.4, -0.2) is 77.8 Å². The van der Waals surface area contributed by atoms with Gasteiger partial charge in [0.05, 0.1) is 12.1 Å². The van der Waals surface area contributed by atoms with E-state index in [2.05, 4.69) is 35.7 Å². The number of amides is 3. The van der Waals surface area contributed by atoms with E-state index in [1.54, 1.807) is 19.1 Å². The monoisotopic (exact) mass is 560 g/mol. The Bertz CT molecular complexity index is 1140. The lowest BCUT2D eigenvalue weighted by Crippen LogP contribution is -2.63. The Balaban J connectivity index is 1.53. The summed E-state index contributed by atoms with van der Waals surface area (Å²) in [6, 6.07) is 15.6. The summed E-state index contributed by atoms with van der Waals surface area (Å²) in [5, 5.41) is 3.21. The average Bonchev–Trinajstić information content (AvgIpc) is 2.89. The molecule has 3 amide bonds. The molecule has 10 heteroatoms. The molecule has 1 unspecified atom stereocenters. The quantitative estimate of drug-likeness (QED) is 0.530. The van der Waals surface area contributed by atoms with E-state index in [-0.39, 0.29) is 41.2 Å². The average molecular weight is 561 g/mol. The van der Waals surface area contributed by atoms with Crippen molar-refractivity contribution in [2.45, 2.75) is 65.0 Å². The van der Waals surface area contributed by atoms with Gasteiger partial charge in [-0.05, 0) is 41.5 Å². The number of benzene rings is 2. The van der Waals surface area contributed by atoms with E-state index in [0.717, 1.165) is 24.0 Å². The van der Waals surface area contributed by atoms with Crippen LogP contribution in [0.25, 0.3) is 0 Å². The third-order valence-corrected chi connectivity index (χ3v) is 7.85. The molecule has 2 aromatic carbocycles. The number of carbonyl (C=O) groups excluding carboxylic acids is 2. The predicted molar refractivity (Wildman–Crippen MR) is 147 cm³/mol. The van der Waals surface area contributed by atoms with Gasteiger partial charge in [-0.2, -0.15) is 0 Å². The summed E-state index contributed by atoms with van der Waals surface area (Å²) in [7, 11) is 0. The molecular weight excluding hydrogens is 521 g/mol. The minimum absolute atomic E-state index is 0.0243. The van der Waals surface area contributed by atoms with E-state index in [4.69, 9.17) is 0 Å². The lowest BCUT2D eigenvalue weighted by molar-refractivity contribution is -0.274. The van der Waals surface area contributed by atoms with Crippen molar-refractivity contribution in [1.29, 1.82) is 0 Å². The van der Waals surface area contributed by atoms with Gasteiger partial charge in [0.25, 0.3) is 0 Å². The second-order valence-corrected chi connectivity index (χ2v) is 11.7. The van der Waals surface area contributed by atoms with Crippen LogP contribution >= 0.6 is 0 Å². The molecule has 2 aromatic rings. The van der Waals surface area contributed by atoms with Crippen LogP contribution in [-0.2, 0) is 4.79 Å². The fraction of sp³-hybridized carbons (Fsp3) is 0.533. The van der Waals surface area contributed by atoms with Crippen LogP contribution in [0.3, 0.4) is 0 Å². The number of piperazine rings is 1. The van der Waals surface area contributed by atoms with Gasteiger partial charge in [-0.3, -0.25) is 9.69 Å². The first kappa shape index (κ1) is 29.7. The molecule has 0 spiro atoms. The van der Waals surface area contributed by atoms with Crippen LogP contribution in [0.5, 0.6) is 5.75 Å². The van der Waals surface area contributed by atoms with Crippen molar-refractivity contribution in [1.82, 2.24) is 20.0 Å². The number of hydrogen-bond donors (Lipinski definition) is 1. The number of nitrogens with one attached hydrogen (secondary N) is 1. The molecule has 0 saturated carbocycles. The summed E-state index contributed by atoms with van der Waals surface area (Å²) >= 11 is 0. The number of ether oxygens (including phenoxy) is 1. The maximum atomic E-state index is 13.5. The molecule has 40 heavy (non-hydrogen) atoms. The Kier molecular flexibility index (Phi) is 8.97. The van der Waals surface area contributed by atoms with Gasteiger partial charge in [0.15, 0.2) is 0 Å². The molecule has 0 radical (unpaired) electrons. The number of alkyl halides is 3. The van der Waals surface area contributed by atoms with Crippen LogP contribution in [0, 0.1) is 5.41 Å². The summed E-state index contributed by atoms with van der Waals surface area (Å²) in [6.07, 6.45) is -3.28. The number of nitrogens with zero attached hydrogens (tertiary/aromatic N) is 3. The third kappa shape index (κ3) is 7.47. The van der Waals surface area contributed by atoms with Crippen molar-refractivity contribution in [2.75, 3.05) is 32.7 Å². The van der Waals surface area contributed by atoms with E-state index in [0.29, 0.717) is 32.7 Å². The van der Waals surface area contributed by atoms with Crippen molar-refractivity contribution in [3.05, 3.63) is 65.7 Å². The van der Waals surface area contributed by atoms with E-state index >= 15 is 0 Å². The number of piperidine rings is 1. The molecule has 0 aliphatic carbocycles. The molecule has 2 aliphatic heterocycles. The lowest BCUT2D eigenvalue weighted by Gasteiger charge is -2.49. The van der Waals surface area contributed by atoms with Gasteiger partial charge in [-0.15, -0.1) is 13.2 Å². The Morgan fingerprint density at radius 3 is 2.05 bits per heavy atom. The minimum atomic E-state index is -4.75. The Morgan fingerprint density at radius 1 is 0.900 bits per heavy atom. The molecule has 7 nitrogen and oxygen atoms in total. The highest BCUT2D eigenvalue weighted by Gasteiger charge is 2.41. The molecule has 2 saturated heterocycles. The second kappa shape index (κ2) is 12.1. The fourth-order valence-electron chi connectivity index (χ4n) is 5.72. The first-order chi connectivity index (χ1) is 18.8. The Labute approximate surface area is 234 Å². The number of likely N-dealkylation sites (tertiary alicyclic amines) is 1. The first-order valence-electron chi connectivity index (χ1n) is 13.8. The topological polar surface area (TPSA) is 65.1 Å². The minimum Gasteiger partial charge on any atom is -0.406 e. The maximum Gasteiger partial charge on any atom is 0.573 e. The predicted octanol–water partition coefficient (Wildman–Crippen LogP) is 5.43. The second-order valence-electron chi connectivity index (χ2n) is 11.7. The van der Waals surface area contributed by atoms with Gasteiger partial charge < -0.3 is 19.9 Å². The van der Waals surface area contributed by atoms with Crippen LogP contribution in [0.4, 0.5) is 18.0 Å². The van der Waals surface area contributed by atoms with Crippen molar-refractivity contribution < 1.29 is 27.5 Å². The molecule has 2 aliphatic rings. The zero-order chi connectivity index (χ0) is 29.1. The summed E-state index contributed by atoms with van der Waals surface area (Å²) in [4.78, 5) is 31.2. The molecule has 2 heterocycles. The van der Waals surface area contributed by atoms with Gasteiger partial charge in [0.2, 0.25) is 5.91 Å². The van der Waals surface area contributed by atoms with Gasteiger partial charge in [-0.1, -0.05) is 63.2 Å². The largest absolute Gasteiger partial charge is 0.573 e. The van der Waals surface area contributed by atoms with Gasteiger partial charge >= 0.3 is 12.4 Å². The molecule has 2 atom stereocenters. The highest BCUT2D eigenvalue weighted by molar-refractivity contribution is 5.75. The molecule has 0 aromatic heterocycles. The van der Waals surface area contributed by atoms with Gasteiger partial charge in [0.1, 0.15) is 5.75 Å². The molecule has 2 fully saturated rings. The summed E-state index contributed by atoms with van der Waals surface area (Å²) in [5.41, 5.74) is 1.65. The molecule has 218 valence electrons. The number of halogens is 3. The highest BCUT2D eigenvalue weighted by atomic mass is 19.4. The number of urea groups is 1. The summed E-state index contributed by atoms with van der Waals surface area (Å²) in [5.74, 6) is -0.199.